The highest BCUT2D eigenvalue weighted by atomic mass is 32.2. The molecule has 0 unspecified atom stereocenters. The number of hydrogen-bond acceptors (Lipinski definition) is 19. The van der Waals surface area contributed by atoms with Gasteiger partial charge in [0, 0.05) is 59.9 Å². The van der Waals surface area contributed by atoms with Crippen LogP contribution in [-0.4, -0.2) is 166 Å². The van der Waals surface area contributed by atoms with E-state index >= 15 is 0 Å². The van der Waals surface area contributed by atoms with Crippen molar-refractivity contribution in [3.63, 3.8) is 0 Å². The number of carboxylic acids is 4. The molecule has 6 atom stereocenters. The lowest BCUT2D eigenvalue weighted by atomic mass is 9.99. The number of nitrogens with zero attached hydrogens (tertiary/aromatic N) is 3. The van der Waals surface area contributed by atoms with Gasteiger partial charge in [-0.3, -0.25) is 57.7 Å². The molecule has 0 saturated heterocycles. The van der Waals surface area contributed by atoms with E-state index in [-0.39, 0.29) is 54.4 Å². The maximum absolute atomic E-state index is 13.8. The van der Waals surface area contributed by atoms with Crippen molar-refractivity contribution in [1.82, 2.24) is 57.2 Å². The number of fused-ring (bicyclic) bond motifs is 4. The Labute approximate surface area is 492 Å². The van der Waals surface area contributed by atoms with Crippen LogP contribution in [0.1, 0.15) is 78.5 Å². The van der Waals surface area contributed by atoms with Crippen molar-refractivity contribution in [2.75, 3.05) is 34.9 Å². The summed E-state index contributed by atoms with van der Waals surface area (Å²) in [4.78, 5) is 168. The summed E-state index contributed by atoms with van der Waals surface area (Å²) in [6, 6.07) is 12.0. The van der Waals surface area contributed by atoms with Gasteiger partial charge >= 0.3 is 23.9 Å². The smallest absolute Gasteiger partial charge is 0.327 e. The molecule has 0 aliphatic heterocycles. The van der Waals surface area contributed by atoms with Crippen LogP contribution in [0.2, 0.25) is 0 Å². The Morgan fingerprint density at radius 2 is 1.19 bits per heavy atom. The van der Waals surface area contributed by atoms with Crippen LogP contribution >= 0.6 is 24.4 Å². The average molecular weight is 1210 g/mol. The van der Waals surface area contributed by atoms with E-state index in [9.17, 15) is 78.0 Å². The number of thioether (sulfide) groups is 1. The highest BCUT2D eigenvalue weighted by Gasteiger charge is 2.35. The van der Waals surface area contributed by atoms with E-state index in [1.165, 1.54) is 30.1 Å². The highest BCUT2D eigenvalue weighted by Crippen LogP contribution is 2.45. The fourth-order valence-corrected chi connectivity index (χ4v) is 10.1. The summed E-state index contributed by atoms with van der Waals surface area (Å²) in [5, 5.41) is 57.5. The number of carboxylic acid groups (broad SMARTS) is 4. The molecule has 0 spiro atoms. The number of nitrogen functional groups attached to an aromatic ring is 1. The largest absolute Gasteiger partial charge is 0.481 e. The quantitative estimate of drug-likeness (QED) is 0.0194. The zero-order chi connectivity index (χ0) is 61.9. The lowest BCUT2D eigenvalue weighted by molar-refractivity contribution is -0.144. The normalized spacial score (nSPS) is 13.6. The number of amides is 7. The van der Waals surface area contributed by atoms with Crippen molar-refractivity contribution >= 4 is 112 Å². The topological polar surface area (TPSA) is 462 Å². The predicted molar refractivity (Wildman–Crippen MR) is 309 cm³/mol. The summed E-state index contributed by atoms with van der Waals surface area (Å²) in [6.07, 6.45) is -2.58. The summed E-state index contributed by atoms with van der Waals surface area (Å²) < 4.78 is 0. The van der Waals surface area contributed by atoms with Crippen molar-refractivity contribution in [3.8, 4) is 11.1 Å². The second kappa shape index (κ2) is 30.6. The second-order valence-corrected chi connectivity index (χ2v) is 20.9. The maximum atomic E-state index is 13.8. The Hall–Kier alpha value is -9.65. The molecule has 2 heterocycles. The number of aromatic nitrogens is 4. The first-order valence-electron chi connectivity index (χ1n) is 26.2. The molecule has 85 heavy (non-hydrogen) atoms. The van der Waals surface area contributed by atoms with E-state index in [0.717, 1.165) is 22.3 Å². The monoisotopic (exact) mass is 1210 g/mol. The van der Waals surface area contributed by atoms with Gasteiger partial charge in [0.05, 0.1) is 37.7 Å². The molecule has 7 amide bonds. The van der Waals surface area contributed by atoms with Crippen molar-refractivity contribution in [2.24, 2.45) is 0 Å². The molecule has 15 N–H and O–H groups in total. The minimum Gasteiger partial charge on any atom is -0.481 e. The number of nitrogens with one attached hydrogen (secondary N) is 9. The third kappa shape index (κ3) is 18.9. The van der Waals surface area contributed by atoms with Crippen LogP contribution in [0, 0.1) is 0 Å². The fraction of sp³-hybridized carbons (Fsp3) is 0.352. The molecular weight excluding hydrogens is 1150 g/mol. The van der Waals surface area contributed by atoms with Gasteiger partial charge in [-0.2, -0.15) is 29.4 Å². The molecule has 3 aromatic carbocycles. The molecular formula is C54H61N13O16S2. The molecule has 1 aliphatic rings. The molecule has 0 fully saturated rings. The zero-order valence-corrected chi connectivity index (χ0v) is 47.0. The van der Waals surface area contributed by atoms with Crippen LogP contribution in [0.15, 0.2) is 83.8 Å². The van der Waals surface area contributed by atoms with Gasteiger partial charge in [-0.25, -0.2) is 14.8 Å². The molecule has 0 radical (unpaired) electrons. The number of H-pyrrole nitrogens is 1. The Bertz CT molecular complexity index is 3360. The van der Waals surface area contributed by atoms with Crippen LogP contribution in [0.25, 0.3) is 22.3 Å². The van der Waals surface area contributed by atoms with Crippen LogP contribution in [0.3, 0.4) is 0 Å². The van der Waals surface area contributed by atoms with E-state index in [1.54, 1.807) is 19.1 Å². The number of nitrogens with two attached hydrogens (primary N) is 1. The molecule has 5 aromatic rings. The molecule has 0 saturated carbocycles. The van der Waals surface area contributed by atoms with Crippen LogP contribution in [0.4, 0.5) is 11.6 Å². The van der Waals surface area contributed by atoms with Crippen LogP contribution < -0.4 is 53.8 Å². The first-order valence-corrected chi connectivity index (χ1v) is 28.0. The van der Waals surface area contributed by atoms with Crippen LogP contribution in [0.5, 0.6) is 0 Å². The van der Waals surface area contributed by atoms with Gasteiger partial charge in [0.1, 0.15) is 30.2 Å². The van der Waals surface area contributed by atoms with Crippen molar-refractivity contribution in [1.29, 1.82) is 0 Å². The standard InChI is InChI=1S/C54H61N13O16S2/c1-26(59-47(76)27-11-13-28(14-12-27)56-21-29-22-58-46-45(60-29)52(81)67-54(55)66-46)10-15-41(69)61-35(18-42(70)71)48(77)62-36(19-43(72)73)49(78)63-37(20-44(74)75)50(79)64-38(51(80)65-39(24-84)53(82)83)23-57-40(68)16-17-85-25-34-32-8-4-2-6-30(32)31-7-3-5-9-33(31)34/h2-9,11-14,22,26,34-39,56,84H,10,15-21,23-25H2,1H3,(H,57,68)(H,59,76)(H,61,69)(H,62,77)(H,63,78)(H,64,79)(H,65,80)(H,70,71)(H,72,73)(H,74,75)(H,82,83)(H3,55,58,66,67,81)/t26-,35+,36+,37+,38+,39+/m1/s1. The molecule has 6 rings (SSSR count). The number of rotatable bonds is 32. The highest BCUT2D eigenvalue weighted by molar-refractivity contribution is 7.99. The molecule has 31 heteroatoms. The van der Waals surface area contributed by atoms with Gasteiger partial charge in [-0.05, 0) is 59.9 Å². The SMILES string of the molecule is C[C@H](CCC(=O)N[C@@H](CC(=O)O)C(=O)N[C@@H](CC(=O)O)C(=O)N[C@@H](CC(=O)O)C(=O)N[C@@H](CNC(=O)CCSCC1c2ccccc2-c2ccccc21)C(=O)N[C@@H](CS)C(=O)O)NC(=O)c1ccc(NCc2cnc3nc(N)[nH]c(=O)c3n2)cc1. The minimum absolute atomic E-state index is 0.00130. The number of aliphatic carboxylic acids is 4. The average Bonchev–Trinajstić information content (AvgIpc) is 1.98. The fourth-order valence-electron chi connectivity index (χ4n) is 8.73. The Kier molecular flexibility index (Phi) is 23.2. The third-order valence-electron chi connectivity index (χ3n) is 13.0. The Balaban J connectivity index is 1.01. The van der Waals surface area contributed by atoms with Crippen molar-refractivity contribution in [3.05, 3.63) is 112 Å². The second-order valence-electron chi connectivity index (χ2n) is 19.4. The number of carbonyl (C=O) groups is 11. The van der Waals surface area contributed by atoms with Gasteiger partial charge in [0.25, 0.3) is 11.5 Å². The van der Waals surface area contributed by atoms with Crippen LogP contribution in [-0.2, 0) is 54.5 Å². The van der Waals surface area contributed by atoms with E-state index in [0.29, 0.717) is 22.9 Å². The lowest BCUT2D eigenvalue weighted by Gasteiger charge is -2.26. The first kappa shape index (κ1) is 64.5. The summed E-state index contributed by atoms with van der Waals surface area (Å²) in [7, 11) is 0. The molecule has 450 valence electrons. The number of hydrogen-bond donors (Lipinski definition) is 15. The van der Waals surface area contributed by atoms with Gasteiger partial charge in [-0.1, -0.05) is 48.5 Å². The van der Waals surface area contributed by atoms with Gasteiger partial charge in [-0.15, -0.1) is 0 Å². The predicted octanol–water partition coefficient (Wildman–Crippen LogP) is -0.280. The third-order valence-corrected chi connectivity index (χ3v) is 14.4. The number of anilines is 2. The summed E-state index contributed by atoms with van der Waals surface area (Å²) in [5.41, 5.74) is 10.8. The van der Waals surface area contributed by atoms with E-state index in [2.05, 4.69) is 76.6 Å². The molecule has 0 bridgehead atoms. The molecule has 29 nitrogen and oxygen atoms in total. The number of thiol groups is 1. The zero-order valence-electron chi connectivity index (χ0n) is 45.3. The minimum atomic E-state index is -2.15. The lowest BCUT2D eigenvalue weighted by Crippen LogP contribution is -2.61. The molecule has 1 aliphatic carbocycles. The summed E-state index contributed by atoms with van der Waals surface area (Å²) in [5.74, 6) is -13.5. The van der Waals surface area contributed by atoms with E-state index in [1.807, 2.05) is 47.0 Å². The van der Waals surface area contributed by atoms with E-state index < -0.39 is 139 Å². The van der Waals surface area contributed by atoms with Gasteiger partial charge in [0.15, 0.2) is 11.2 Å². The number of aromatic amines is 1. The van der Waals surface area contributed by atoms with Crippen molar-refractivity contribution < 1.29 is 73.2 Å². The molecule has 2 aromatic heterocycles. The summed E-state index contributed by atoms with van der Waals surface area (Å²) >= 11 is 5.43. The maximum Gasteiger partial charge on any atom is 0.327 e. The number of benzene rings is 3. The summed E-state index contributed by atoms with van der Waals surface area (Å²) in [6.45, 7) is 1.06. The Morgan fingerprint density at radius 1 is 0.659 bits per heavy atom. The van der Waals surface area contributed by atoms with Gasteiger partial charge in [0.2, 0.25) is 41.4 Å². The van der Waals surface area contributed by atoms with Gasteiger partial charge < -0.3 is 68.7 Å². The number of carbonyl (C=O) groups excluding carboxylic acids is 7. The van der Waals surface area contributed by atoms with Crippen molar-refractivity contribution in [2.45, 2.75) is 94.2 Å². The van der Waals surface area contributed by atoms with E-state index in [4.69, 9.17) is 5.73 Å². The Morgan fingerprint density at radius 3 is 1.74 bits per heavy atom. The first-order chi connectivity index (χ1) is 40.5.